The zero-order valence-corrected chi connectivity index (χ0v) is 14.2. The van der Waals surface area contributed by atoms with Crippen molar-refractivity contribution in [2.45, 2.75) is 27.7 Å². The maximum atomic E-state index is 11.8. The van der Waals surface area contributed by atoms with Gasteiger partial charge in [0, 0.05) is 11.1 Å². The first-order chi connectivity index (χ1) is 10.8. The van der Waals surface area contributed by atoms with Gasteiger partial charge in [0.15, 0.2) is 5.57 Å². The highest BCUT2D eigenvalue weighted by atomic mass is 32.1. The van der Waals surface area contributed by atoms with Gasteiger partial charge in [-0.2, -0.15) is 0 Å². The summed E-state index contributed by atoms with van der Waals surface area (Å²) in [7, 11) is 0. The number of ether oxygens (including phenoxy) is 2. The fourth-order valence-electron chi connectivity index (χ4n) is 1.74. The number of anilines is 1. The summed E-state index contributed by atoms with van der Waals surface area (Å²) in [5, 5.41) is 12.3. The standard InChI is InChI=1S/C15H19NO6S/c1-5-21-14(19)10(15(20)22-6-2)7-16-12-11(13(17)18)8(3)9(4)23-12/h7,16H,5-6H2,1-4H3,(H,17,18). The molecule has 0 radical (unpaired) electrons. The second kappa shape index (κ2) is 8.33. The molecule has 0 atom stereocenters. The minimum atomic E-state index is -1.09. The molecular weight excluding hydrogens is 322 g/mol. The molecule has 0 aliphatic rings. The van der Waals surface area contributed by atoms with Crippen molar-refractivity contribution in [2.24, 2.45) is 0 Å². The van der Waals surface area contributed by atoms with Crippen molar-refractivity contribution in [3.63, 3.8) is 0 Å². The molecule has 0 aliphatic carbocycles. The molecule has 1 aromatic heterocycles. The van der Waals surface area contributed by atoms with E-state index in [1.807, 2.05) is 0 Å². The Hall–Kier alpha value is -2.35. The third-order valence-corrected chi connectivity index (χ3v) is 4.08. The van der Waals surface area contributed by atoms with Gasteiger partial charge in [0.25, 0.3) is 0 Å². The number of rotatable bonds is 7. The van der Waals surface area contributed by atoms with E-state index in [0.717, 1.165) is 11.1 Å². The lowest BCUT2D eigenvalue weighted by Gasteiger charge is -2.07. The molecule has 0 aliphatic heterocycles. The van der Waals surface area contributed by atoms with Crippen LogP contribution in [0.4, 0.5) is 5.00 Å². The Bertz CT molecular complexity index is 627. The molecule has 0 saturated carbocycles. The molecule has 7 nitrogen and oxygen atoms in total. The van der Waals surface area contributed by atoms with Gasteiger partial charge in [-0.25, -0.2) is 14.4 Å². The van der Waals surface area contributed by atoms with Crippen molar-refractivity contribution < 1.29 is 29.0 Å². The van der Waals surface area contributed by atoms with Crippen LogP contribution in [0, 0.1) is 13.8 Å². The van der Waals surface area contributed by atoms with Gasteiger partial charge in [0.2, 0.25) is 0 Å². The van der Waals surface area contributed by atoms with Gasteiger partial charge in [-0.05, 0) is 33.3 Å². The number of carbonyl (C=O) groups is 3. The maximum Gasteiger partial charge on any atom is 0.347 e. The van der Waals surface area contributed by atoms with Crippen LogP contribution in [-0.4, -0.2) is 36.2 Å². The van der Waals surface area contributed by atoms with Crippen LogP contribution in [0.15, 0.2) is 11.8 Å². The zero-order chi connectivity index (χ0) is 17.6. The molecule has 0 unspecified atom stereocenters. The van der Waals surface area contributed by atoms with Crippen LogP contribution in [0.25, 0.3) is 0 Å². The molecule has 0 aromatic carbocycles. The number of hydrogen-bond acceptors (Lipinski definition) is 7. The summed E-state index contributed by atoms with van der Waals surface area (Å²) in [5.74, 6) is -2.75. The number of thiophene rings is 1. The summed E-state index contributed by atoms with van der Waals surface area (Å²) in [6.07, 6.45) is 1.12. The van der Waals surface area contributed by atoms with Crippen LogP contribution in [0.1, 0.15) is 34.6 Å². The van der Waals surface area contributed by atoms with Crippen LogP contribution in [0.2, 0.25) is 0 Å². The van der Waals surface area contributed by atoms with E-state index in [-0.39, 0.29) is 24.4 Å². The lowest BCUT2D eigenvalue weighted by molar-refractivity contribution is -0.146. The quantitative estimate of drug-likeness (QED) is 0.340. The van der Waals surface area contributed by atoms with Gasteiger partial charge < -0.3 is 19.9 Å². The normalized spacial score (nSPS) is 9.91. The number of carbonyl (C=O) groups excluding carboxylic acids is 2. The molecule has 0 amide bonds. The van der Waals surface area contributed by atoms with E-state index < -0.39 is 17.9 Å². The van der Waals surface area contributed by atoms with Crippen molar-refractivity contribution in [1.82, 2.24) is 0 Å². The Morgan fingerprint density at radius 1 is 1.13 bits per heavy atom. The summed E-state index contributed by atoms with van der Waals surface area (Å²) in [4.78, 5) is 35.8. The second-order valence-electron chi connectivity index (χ2n) is 4.44. The summed E-state index contributed by atoms with van der Waals surface area (Å²) in [5.41, 5.74) is 0.414. The van der Waals surface area contributed by atoms with Crippen LogP contribution < -0.4 is 5.32 Å². The van der Waals surface area contributed by atoms with Gasteiger partial charge in [-0.3, -0.25) is 0 Å². The molecule has 1 aromatic rings. The Morgan fingerprint density at radius 2 is 1.65 bits per heavy atom. The molecule has 0 fully saturated rings. The van der Waals surface area contributed by atoms with Crippen molar-refractivity contribution in [3.8, 4) is 0 Å². The van der Waals surface area contributed by atoms with Crippen molar-refractivity contribution >= 4 is 34.2 Å². The van der Waals surface area contributed by atoms with Crippen molar-refractivity contribution in [1.29, 1.82) is 0 Å². The summed E-state index contributed by atoms with van der Waals surface area (Å²) in [6.45, 7) is 6.92. The van der Waals surface area contributed by atoms with E-state index in [1.54, 1.807) is 27.7 Å². The number of carboxylic acid groups (broad SMARTS) is 1. The number of nitrogens with one attached hydrogen (secondary N) is 1. The summed E-state index contributed by atoms with van der Waals surface area (Å²) in [6, 6.07) is 0. The number of aryl methyl sites for hydroxylation is 1. The predicted molar refractivity (Wildman–Crippen MR) is 85.7 cm³/mol. The van der Waals surface area contributed by atoms with Gasteiger partial charge in [-0.15, -0.1) is 11.3 Å². The average Bonchev–Trinajstić information content (AvgIpc) is 2.75. The lowest BCUT2D eigenvalue weighted by Crippen LogP contribution is -2.19. The fourth-order valence-corrected chi connectivity index (χ4v) is 2.76. The molecule has 126 valence electrons. The highest BCUT2D eigenvalue weighted by Gasteiger charge is 2.23. The summed E-state index contributed by atoms with van der Waals surface area (Å²) < 4.78 is 9.61. The Balaban J connectivity index is 3.15. The Labute approximate surface area is 137 Å². The molecule has 1 rings (SSSR count). The predicted octanol–water partition coefficient (Wildman–Crippen LogP) is 2.49. The minimum Gasteiger partial charge on any atom is -0.478 e. The number of carboxylic acids is 1. The summed E-state index contributed by atoms with van der Waals surface area (Å²) >= 11 is 1.22. The van der Waals surface area contributed by atoms with Crippen LogP contribution in [-0.2, 0) is 19.1 Å². The average molecular weight is 341 g/mol. The van der Waals surface area contributed by atoms with Crippen LogP contribution in [0.5, 0.6) is 0 Å². The fraction of sp³-hybridized carbons (Fsp3) is 0.400. The Morgan fingerprint density at radius 3 is 2.09 bits per heavy atom. The smallest absolute Gasteiger partial charge is 0.347 e. The molecule has 8 heteroatoms. The van der Waals surface area contributed by atoms with Gasteiger partial charge in [-0.1, -0.05) is 0 Å². The topological polar surface area (TPSA) is 102 Å². The van der Waals surface area contributed by atoms with E-state index in [9.17, 15) is 19.5 Å². The maximum absolute atomic E-state index is 11.8. The van der Waals surface area contributed by atoms with Gasteiger partial charge >= 0.3 is 17.9 Å². The SMILES string of the molecule is CCOC(=O)C(=CNc1sc(C)c(C)c1C(=O)O)C(=O)OCC. The van der Waals surface area contributed by atoms with E-state index in [2.05, 4.69) is 5.32 Å². The minimum absolute atomic E-state index is 0.104. The molecular formula is C15H19NO6S. The van der Waals surface area contributed by atoms with Crippen LogP contribution in [0.3, 0.4) is 0 Å². The number of esters is 2. The lowest BCUT2D eigenvalue weighted by atomic mass is 10.1. The van der Waals surface area contributed by atoms with E-state index in [4.69, 9.17) is 9.47 Å². The first-order valence-corrected chi connectivity index (χ1v) is 7.79. The zero-order valence-electron chi connectivity index (χ0n) is 13.4. The third kappa shape index (κ3) is 4.56. The molecule has 23 heavy (non-hydrogen) atoms. The molecule has 2 N–H and O–H groups in total. The molecule has 0 saturated heterocycles. The first kappa shape index (κ1) is 18.7. The Kier molecular flexibility index (Phi) is 6.77. The first-order valence-electron chi connectivity index (χ1n) is 6.97. The second-order valence-corrected chi connectivity index (χ2v) is 5.66. The third-order valence-electron chi connectivity index (χ3n) is 2.94. The van der Waals surface area contributed by atoms with E-state index >= 15 is 0 Å². The van der Waals surface area contributed by atoms with Crippen LogP contribution >= 0.6 is 11.3 Å². The number of hydrogen-bond donors (Lipinski definition) is 2. The number of aromatic carboxylic acids is 1. The molecule has 1 heterocycles. The van der Waals surface area contributed by atoms with Gasteiger partial charge in [0.1, 0.15) is 5.00 Å². The molecule has 0 bridgehead atoms. The van der Waals surface area contributed by atoms with Gasteiger partial charge in [0.05, 0.1) is 18.8 Å². The van der Waals surface area contributed by atoms with E-state index in [1.165, 1.54) is 11.3 Å². The monoisotopic (exact) mass is 341 g/mol. The highest BCUT2D eigenvalue weighted by molar-refractivity contribution is 7.16. The van der Waals surface area contributed by atoms with Crippen molar-refractivity contribution in [2.75, 3.05) is 18.5 Å². The van der Waals surface area contributed by atoms with Crippen molar-refractivity contribution in [3.05, 3.63) is 27.8 Å². The van der Waals surface area contributed by atoms with E-state index in [0.29, 0.717) is 10.6 Å². The molecule has 0 spiro atoms. The highest BCUT2D eigenvalue weighted by Crippen LogP contribution is 2.32. The largest absolute Gasteiger partial charge is 0.478 e.